The van der Waals surface area contributed by atoms with E-state index in [1.165, 1.54) is 19.3 Å². The zero-order valence-corrected chi connectivity index (χ0v) is 12.7. The molecule has 1 rings (SSSR count). The maximum absolute atomic E-state index is 4.25. The zero-order chi connectivity index (χ0) is 13.5. The summed E-state index contributed by atoms with van der Waals surface area (Å²) in [5.74, 6) is 2.28. The molecule has 18 heavy (non-hydrogen) atoms. The summed E-state index contributed by atoms with van der Waals surface area (Å²) < 4.78 is 2.00. The van der Waals surface area contributed by atoms with Gasteiger partial charge in [-0.25, -0.2) is 0 Å². The lowest BCUT2D eigenvalue weighted by atomic mass is 9.95. The van der Waals surface area contributed by atoms with Crippen LogP contribution in [0.2, 0.25) is 0 Å². The quantitative estimate of drug-likeness (QED) is 0.700. The van der Waals surface area contributed by atoms with Crippen LogP contribution >= 0.6 is 0 Å². The fourth-order valence-electron chi connectivity index (χ4n) is 1.92. The Kier molecular flexibility index (Phi) is 6.37. The summed E-state index contributed by atoms with van der Waals surface area (Å²) in [7, 11) is 0. The van der Waals surface area contributed by atoms with E-state index in [2.05, 4.69) is 51.1 Å². The monoisotopic (exact) mass is 251 g/mol. The lowest BCUT2D eigenvalue weighted by Crippen LogP contribution is -2.09. The lowest BCUT2D eigenvalue weighted by molar-refractivity contribution is 0.359. The third kappa shape index (κ3) is 5.65. The van der Waals surface area contributed by atoms with Crippen LogP contribution in [0.25, 0.3) is 0 Å². The molecular formula is C15H29N3. The van der Waals surface area contributed by atoms with Gasteiger partial charge in [0.15, 0.2) is 0 Å². The number of nitrogens with zero attached hydrogens (tertiary/aromatic N) is 3. The van der Waals surface area contributed by atoms with Crippen LogP contribution in [0.5, 0.6) is 0 Å². The molecule has 1 aromatic heterocycles. The molecule has 0 radical (unpaired) electrons. The van der Waals surface area contributed by atoms with Gasteiger partial charge < -0.3 is 0 Å². The predicted molar refractivity (Wildman–Crippen MR) is 76.4 cm³/mol. The first-order chi connectivity index (χ1) is 8.49. The predicted octanol–water partition coefficient (Wildman–Crippen LogP) is 3.94. The zero-order valence-electron chi connectivity index (χ0n) is 12.7. The highest BCUT2D eigenvalue weighted by Gasteiger charge is 2.08. The average molecular weight is 251 g/mol. The van der Waals surface area contributed by atoms with Crippen LogP contribution < -0.4 is 0 Å². The fourth-order valence-corrected chi connectivity index (χ4v) is 1.92. The van der Waals surface area contributed by atoms with Gasteiger partial charge in [0.2, 0.25) is 0 Å². The van der Waals surface area contributed by atoms with Crippen LogP contribution in [0.4, 0.5) is 0 Å². The van der Waals surface area contributed by atoms with Gasteiger partial charge in [0.25, 0.3) is 0 Å². The minimum Gasteiger partial charge on any atom is -0.252 e. The van der Waals surface area contributed by atoms with E-state index in [0.29, 0.717) is 0 Å². The van der Waals surface area contributed by atoms with Crippen molar-refractivity contribution in [1.82, 2.24) is 15.0 Å². The molecule has 0 aliphatic carbocycles. The molecule has 3 heteroatoms. The Morgan fingerprint density at radius 1 is 1.11 bits per heavy atom. The highest BCUT2D eigenvalue weighted by molar-refractivity contribution is 4.92. The number of hydrogen-bond acceptors (Lipinski definition) is 2. The second kappa shape index (κ2) is 7.55. The molecule has 104 valence electrons. The first-order valence-corrected chi connectivity index (χ1v) is 7.38. The number of rotatable bonds is 8. The van der Waals surface area contributed by atoms with Crippen molar-refractivity contribution in [1.29, 1.82) is 0 Å². The molecule has 0 spiro atoms. The molecule has 1 aromatic rings. The normalized spacial score (nSPS) is 13.5. The van der Waals surface area contributed by atoms with Gasteiger partial charge >= 0.3 is 0 Å². The van der Waals surface area contributed by atoms with Crippen LogP contribution in [0, 0.1) is 17.8 Å². The maximum Gasteiger partial charge on any atom is 0.0827 e. The molecule has 0 saturated heterocycles. The summed E-state index contributed by atoms with van der Waals surface area (Å²) in [6.45, 7) is 12.4. The van der Waals surface area contributed by atoms with Crippen molar-refractivity contribution in [2.24, 2.45) is 17.8 Å². The van der Waals surface area contributed by atoms with Gasteiger partial charge in [-0.1, -0.05) is 46.3 Å². The molecule has 0 aliphatic rings. The summed E-state index contributed by atoms with van der Waals surface area (Å²) in [6.07, 6.45) is 6.87. The van der Waals surface area contributed by atoms with Crippen molar-refractivity contribution in [3.63, 3.8) is 0 Å². The summed E-state index contributed by atoms with van der Waals surface area (Å²) in [5, 5.41) is 8.46. The Hall–Kier alpha value is -0.860. The number of aryl methyl sites for hydroxylation is 2. The Morgan fingerprint density at radius 2 is 1.83 bits per heavy atom. The smallest absolute Gasteiger partial charge is 0.0827 e. The van der Waals surface area contributed by atoms with E-state index < -0.39 is 0 Å². The third-order valence-electron chi connectivity index (χ3n) is 3.75. The molecule has 0 bridgehead atoms. The van der Waals surface area contributed by atoms with Gasteiger partial charge in [0, 0.05) is 12.7 Å². The topological polar surface area (TPSA) is 30.7 Å². The van der Waals surface area contributed by atoms with Crippen molar-refractivity contribution in [2.75, 3.05) is 0 Å². The highest BCUT2D eigenvalue weighted by atomic mass is 15.4. The Labute approximate surface area is 112 Å². The van der Waals surface area contributed by atoms with Crippen LogP contribution in [0.15, 0.2) is 6.20 Å². The summed E-state index contributed by atoms with van der Waals surface area (Å²) >= 11 is 0. The highest BCUT2D eigenvalue weighted by Crippen LogP contribution is 2.15. The van der Waals surface area contributed by atoms with E-state index in [4.69, 9.17) is 0 Å². The van der Waals surface area contributed by atoms with E-state index >= 15 is 0 Å². The first-order valence-electron chi connectivity index (χ1n) is 7.38. The van der Waals surface area contributed by atoms with Gasteiger partial charge in [0.1, 0.15) is 0 Å². The second-order valence-electron chi connectivity index (χ2n) is 6.27. The minimum absolute atomic E-state index is 0.749. The Morgan fingerprint density at radius 3 is 2.44 bits per heavy atom. The lowest BCUT2D eigenvalue weighted by Gasteiger charge is -2.14. The molecule has 1 atom stereocenters. The van der Waals surface area contributed by atoms with E-state index in [-0.39, 0.29) is 0 Å². The molecule has 1 unspecified atom stereocenters. The number of hydrogen-bond donors (Lipinski definition) is 0. The van der Waals surface area contributed by atoms with Crippen molar-refractivity contribution in [3.05, 3.63) is 11.9 Å². The molecule has 1 heterocycles. The SMILES string of the molecule is CC(C)CCCc1cn(CCC(C)C(C)C)nn1. The summed E-state index contributed by atoms with van der Waals surface area (Å²) in [5.41, 5.74) is 1.15. The van der Waals surface area contributed by atoms with Crippen LogP contribution in [-0.2, 0) is 13.0 Å². The van der Waals surface area contributed by atoms with Gasteiger partial charge in [-0.15, -0.1) is 5.10 Å². The summed E-state index contributed by atoms with van der Waals surface area (Å²) in [6, 6.07) is 0. The van der Waals surface area contributed by atoms with Crippen LogP contribution in [0.3, 0.4) is 0 Å². The largest absolute Gasteiger partial charge is 0.252 e. The van der Waals surface area contributed by atoms with Crippen molar-refractivity contribution >= 4 is 0 Å². The molecule has 0 saturated carbocycles. The van der Waals surface area contributed by atoms with Crippen molar-refractivity contribution < 1.29 is 0 Å². The Balaban J connectivity index is 2.30. The minimum atomic E-state index is 0.749. The molecule has 0 N–H and O–H groups in total. The fraction of sp³-hybridized carbons (Fsp3) is 0.867. The summed E-state index contributed by atoms with van der Waals surface area (Å²) in [4.78, 5) is 0. The molecule has 0 fully saturated rings. The molecule has 0 aliphatic heterocycles. The van der Waals surface area contributed by atoms with E-state index in [9.17, 15) is 0 Å². The number of aromatic nitrogens is 3. The second-order valence-corrected chi connectivity index (χ2v) is 6.27. The van der Waals surface area contributed by atoms with Gasteiger partial charge in [-0.3, -0.25) is 4.68 Å². The first kappa shape index (κ1) is 15.2. The van der Waals surface area contributed by atoms with Crippen LogP contribution in [0.1, 0.15) is 59.6 Å². The molecular weight excluding hydrogens is 222 g/mol. The average Bonchev–Trinajstić information content (AvgIpc) is 2.73. The molecule has 0 aromatic carbocycles. The molecule has 0 amide bonds. The van der Waals surface area contributed by atoms with Gasteiger partial charge in [0.05, 0.1) is 5.69 Å². The standard InChI is InChI=1S/C15H29N3/c1-12(2)7-6-8-15-11-18(17-16-15)10-9-14(5)13(3)4/h11-14H,6-10H2,1-5H3. The maximum atomic E-state index is 4.25. The van der Waals surface area contributed by atoms with Gasteiger partial charge in [-0.2, -0.15) is 0 Å². The van der Waals surface area contributed by atoms with E-state index in [0.717, 1.165) is 36.4 Å². The Bertz CT molecular complexity index is 328. The van der Waals surface area contributed by atoms with Gasteiger partial charge in [-0.05, 0) is 37.0 Å². The van der Waals surface area contributed by atoms with E-state index in [1.54, 1.807) is 0 Å². The van der Waals surface area contributed by atoms with Crippen molar-refractivity contribution in [2.45, 2.75) is 66.8 Å². The third-order valence-corrected chi connectivity index (χ3v) is 3.75. The van der Waals surface area contributed by atoms with Crippen LogP contribution in [-0.4, -0.2) is 15.0 Å². The van der Waals surface area contributed by atoms with Crippen molar-refractivity contribution in [3.8, 4) is 0 Å². The molecule has 3 nitrogen and oxygen atoms in total. The van der Waals surface area contributed by atoms with E-state index in [1.807, 2.05) is 4.68 Å².